The summed E-state index contributed by atoms with van der Waals surface area (Å²) in [6.45, 7) is 8.96. The minimum Gasteiger partial charge on any atom is -0.299 e. The number of benzene rings is 1. The van der Waals surface area contributed by atoms with Crippen molar-refractivity contribution in [3.63, 3.8) is 0 Å². The highest BCUT2D eigenvalue weighted by molar-refractivity contribution is 5.87. The van der Waals surface area contributed by atoms with Gasteiger partial charge in [0.1, 0.15) is 5.78 Å². The molecule has 0 N–H and O–H groups in total. The third kappa shape index (κ3) is 2.00. The van der Waals surface area contributed by atoms with Crippen LogP contribution in [0.5, 0.6) is 0 Å². The molecule has 1 saturated carbocycles. The Morgan fingerprint density at radius 3 is 2.33 bits per heavy atom. The van der Waals surface area contributed by atoms with Crippen LogP contribution < -0.4 is 0 Å². The molecule has 0 bridgehead atoms. The second kappa shape index (κ2) is 4.53. The maximum absolute atomic E-state index is 12.7. The van der Waals surface area contributed by atoms with E-state index in [1.807, 2.05) is 30.3 Å². The molecule has 0 heterocycles. The molecule has 1 nitrogen and oxygen atoms in total. The van der Waals surface area contributed by atoms with Gasteiger partial charge >= 0.3 is 0 Å². The predicted octanol–water partition coefficient (Wildman–Crippen LogP) is 4.26. The molecule has 18 heavy (non-hydrogen) atoms. The molecule has 1 fully saturated rings. The topological polar surface area (TPSA) is 17.1 Å². The van der Waals surface area contributed by atoms with Gasteiger partial charge in [-0.25, -0.2) is 0 Å². The first-order valence-electron chi connectivity index (χ1n) is 6.95. The smallest absolute Gasteiger partial charge is 0.143 e. The second-order valence-electron chi connectivity index (χ2n) is 6.58. The summed E-state index contributed by atoms with van der Waals surface area (Å²) in [5, 5.41) is 0. The molecule has 0 amide bonds. The minimum atomic E-state index is -0.164. The molecule has 1 aromatic rings. The summed E-state index contributed by atoms with van der Waals surface area (Å²) in [6.07, 6.45) is 2.78. The number of Topliss-reactive ketones (excluding diaryl/α,β-unsaturated/α-hetero) is 1. The number of hydrogen-bond acceptors (Lipinski definition) is 1. The second-order valence-corrected chi connectivity index (χ2v) is 6.58. The first kappa shape index (κ1) is 13.3. The molecule has 0 radical (unpaired) electrons. The maximum atomic E-state index is 12.7. The number of carbonyl (C=O) groups is 1. The molecule has 2 atom stereocenters. The van der Waals surface area contributed by atoms with E-state index in [1.54, 1.807) is 0 Å². The molecule has 98 valence electrons. The molecular weight excluding hydrogens is 220 g/mol. The predicted molar refractivity (Wildman–Crippen MR) is 75.4 cm³/mol. The summed E-state index contributed by atoms with van der Waals surface area (Å²) < 4.78 is 0. The summed E-state index contributed by atoms with van der Waals surface area (Å²) in [5.41, 5.74) is 1.08. The van der Waals surface area contributed by atoms with Gasteiger partial charge in [-0.1, -0.05) is 58.0 Å². The highest BCUT2D eigenvalue weighted by Gasteiger charge is 2.53. The Kier molecular flexibility index (Phi) is 3.35. The zero-order valence-corrected chi connectivity index (χ0v) is 12.0. The van der Waals surface area contributed by atoms with E-state index in [-0.39, 0.29) is 10.8 Å². The number of rotatable bonds is 3. The molecule has 0 unspecified atom stereocenters. The van der Waals surface area contributed by atoms with Crippen molar-refractivity contribution in [3.05, 3.63) is 35.9 Å². The molecule has 0 spiro atoms. The van der Waals surface area contributed by atoms with Crippen LogP contribution in [0.4, 0.5) is 0 Å². The fourth-order valence-corrected chi connectivity index (χ4v) is 3.21. The Hall–Kier alpha value is -1.11. The van der Waals surface area contributed by atoms with Crippen molar-refractivity contribution in [2.75, 3.05) is 0 Å². The lowest BCUT2D eigenvalue weighted by molar-refractivity contribution is -0.132. The molecule has 0 aromatic heterocycles. The van der Waals surface area contributed by atoms with Crippen LogP contribution in [0.25, 0.3) is 0 Å². The molecule has 0 saturated heterocycles. The van der Waals surface area contributed by atoms with Crippen LogP contribution in [-0.2, 0) is 11.2 Å². The van der Waals surface area contributed by atoms with Crippen molar-refractivity contribution in [3.8, 4) is 0 Å². The van der Waals surface area contributed by atoms with Crippen molar-refractivity contribution < 1.29 is 4.79 Å². The Labute approximate surface area is 111 Å². The van der Waals surface area contributed by atoms with E-state index in [0.29, 0.717) is 18.1 Å². The van der Waals surface area contributed by atoms with Gasteiger partial charge in [0.15, 0.2) is 0 Å². The van der Waals surface area contributed by atoms with Gasteiger partial charge in [0.2, 0.25) is 0 Å². The number of carbonyl (C=O) groups excluding carboxylic acids is 1. The van der Waals surface area contributed by atoms with Crippen LogP contribution in [0.2, 0.25) is 0 Å². The van der Waals surface area contributed by atoms with Crippen molar-refractivity contribution in [1.82, 2.24) is 0 Å². The van der Waals surface area contributed by atoms with Crippen molar-refractivity contribution in [2.45, 2.75) is 47.0 Å². The molecule has 1 heteroatoms. The largest absolute Gasteiger partial charge is 0.299 e. The minimum absolute atomic E-state index is 0.110. The standard InChI is InChI=1S/C17H24O/c1-13-10-11-17(4,16(13,2)3)15(18)12-14-8-6-5-7-9-14/h5-9,13H,10-12H2,1-4H3/t13-,17-/m1/s1. The number of ketones is 1. The summed E-state index contributed by atoms with van der Waals surface area (Å²) in [5.74, 6) is 1.03. The Bertz CT molecular complexity index is 432. The summed E-state index contributed by atoms with van der Waals surface area (Å²) >= 11 is 0. The highest BCUT2D eigenvalue weighted by Crippen LogP contribution is 2.56. The first-order chi connectivity index (χ1) is 8.38. The van der Waals surface area contributed by atoms with E-state index in [9.17, 15) is 4.79 Å². The molecule has 1 aliphatic carbocycles. The normalized spacial score (nSPS) is 30.3. The third-order valence-electron chi connectivity index (χ3n) is 5.55. The fraction of sp³-hybridized carbons (Fsp3) is 0.588. The van der Waals surface area contributed by atoms with Crippen molar-refractivity contribution in [2.24, 2.45) is 16.7 Å². The SMILES string of the molecule is C[C@@H]1CC[C@](C)(C(=O)Cc2ccccc2)C1(C)C. The van der Waals surface area contributed by atoms with E-state index in [2.05, 4.69) is 27.7 Å². The zero-order chi connectivity index (χ0) is 13.4. The third-order valence-corrected chi connectivity index (χ3v) is 5.55. The summed E-state index contributed by atoms with van der Waals surface area (Å²) in [7, 11) is 0. The van der Waals surface area contributed by atoms with Gasteiger partial charge in [0.25, 0.3) is 0 Å². The van der Waals surface area contributed by atoms with Crippen molar-refractivity contribution in [1.29, 1.82) is 0 Å². The van der Waals surface area contributed by atoms with E-state index in [0.717, 1.165) is 12.0 Å². The highest BCUT2D eigenvalue weighted by atomic mass is 16.1. The van der Waals surface area contributed by atoms with E-state index >= 15 is 0 Å². The molecule has 2 rings (SSSR count). The lowest BCUT2D eigenvalue weighted by Gasteiger charge is -2.39. The molecule has 1 aliphatic rings. The zero-order valence-electron chi connectivity index (χ0n) is 12.0. The van der Waals surface area contributed by atoms with Crippen LogP contribution in [0.3, 0.4) is 0 Å². The lowest BCUT2D eigenvalue weighted by atomic mass is 9.63. The number of hydrogen-bond donors (Lipinski definition) is 0. The van der Waals surface area contributed by atoms with Crippen LogP contribution in [0.1, 0.15) is 46.1 Å². The van der Waals surface area contributed by atoms with E-state index in [1.165, 1.54) is 6.42 Å². The van der Waals surface area contributed by atoms with Gasteiger partial charge < -0.3 is 0 Å². The fourth-order valence-electron chi connectivity index (χ4n) is 3.21. The summed E-state index contributed by atoms with van der Waals surface area (Å²) in [6, 6.07) is 10.1. The van der Waals surface area contributed by atoms with Gasteiger partial charge in [-0.15, -0.1) is 0 Å². The first-order valence-corrected chi connectivity index (χ1v) is 6.95. The maximum Gasteiger partial charge on any atom is 0.143 e. The lowest BCUT2D eigenvalue weighted by Crippen LogP contribution is -2.41. The van der Waals surface area contributed by atoms with Crippen LogP contribution >= 0.6 is 0 Å². The van der Waals surface area contributed by atoms with Crippen LogP contribution in [0, 0.1) is 16.7 Å². The molecular formula is C17H24O. The van der Waals surface area contributed by atoms with E-state index < -0.39 is 0 Å². The quantitative estimate of drug-likeness (QED) is 0.776. The van der Waals surface area contributed by atoms with Crippen LogP contribution in [0.15, 0.2) is 30.3 Å². The van der Waals surface area contributed by atoms with Gasteiger partial charge in [-0.3, -0.25) is 4.79 Å². The molecule has 1 aromatic carbocycles. The Morgan fingerprint density at radius 2 is 1.83 bits per heavy atom. The van der Waals surface area contributed by atoms with Crippen molar-refractivity contribution >= 4 is 5.78 Å². The van der Waals surface area contributed by atoms with Crippen LogP contribution in [-0.4, -0.2) is 5.78 Å². The van der Waals surface area contributed by atoms with Gasteiger partial charge in [-0.05, 0) is 29.7 Å². The van der Waals surface area contributed by atoms with Gasteiger partial charge in [0.05, 0.1) is 0 Å². The van der Waals surface area contributed by atoms with E-state index in [4.69, 9.17) is 0 Å². The van der Waals surface area contributed by atoms with Gasteiger partial charge in [0, 0.05) is 11.8 Å². The molecule has 0 aliphatic heterocycles. The van der Waals surface area contributed by atoms with Gasteiger partial charge in [-0.2, -0.15) is 0 Å². The summed E-state index contributed by atoms with van der Waals surface area (Å²) in [4.78, 5) is 12.7. The Morgan fingerprint density at radius 1 is 1.22 bits per heavy atom. The Balaban J connectivity index is 2.19. The monoisotopic (exact) mass is 244 g/mol. The average Bonchev–Trinajstić information content (AvgIpc) is 2.55. The average molecular weight is 244 g/mol.